The Morgan fingerprint density at radius 1 is 0.857 bits per heavy atom. The van der Waals surface area contributed by atoms with Gasteiger partial charge in [-0.3, -0.25) is 8.42 Å². The van der Waals surface area contributed by atoms with Gasteiger partial charge in [-0.2, -0.15) is 0 Å². The van der Waals surface area contributed by atoms with Crippen molar-refractivity contribution >= 4 is 21.6 Å². The lowest BCUT2D eigenvalue weighted by atomic mass is 10.4. The minimum atomic E-state index is -0.913. The van der Waals surface area contributed by atoms with E-state index in [1.54, 1.807) is 24.3 Å². The van der Waals surface area contributed by atoms with Crippen LogP contribution in [0.5, 0.6) is 0 Å². The summed E-state index contributed by atoms with van der Waals surface area (Å²) in [5, 5.41) is 0. The third-order valence-electron chi connectivity index (χ3n) is 1.87. The Morgan fingerprint density at radius 2 is 1.14 bits per heavy atom. The summed E-state index contributed by atoms with van der Waals surface area (Å²) in [6.45, 7) is 3.77. The summed E-state index contributed by atoms with van der Waals surface area (Å²) in [4.78, 5) is 1.62. The fraction of sp³-hybridized carbons (Fsp3) is 0.400. The first-order valence-electron chi connectivity index (χ1n) is 4.55. The molecule has 2 nitrogen and oxygen atoms in total. The van der Waals surface area contributed by atoms with Crippen LogP contribution in [-0.4, -0.2) is 19.9 Å². The van der Waals surface area contributed by atoms with Gasteiger partial charge in [-0.15, -0.1) is 0 Å². The van der Waals surface area contributed by atoms with Crippen molar-refractivity contribution in [1.29, 1.82) is 0 Å². The predicted octanol–water partition coefficient (Wildman–Crippen LogP) is 1.94. The molecular weight excluding hydrogens is 216 g/mol. The molecule has 2 atom stereocenters. The first-order valence-corrected chi connectivity index (χ1v) is 7.19. The average Bonchev–Trinajstić information content (AvgIpc) is 2.27. The van der Waals surface area contributed by atoms with Crippen molar-refractivity contribution in [3.05, 3.63) is 24.3 Å². The minimum absolute atomic E-state index is 0.621. The summed E-state index contributed by atoms with van der Waals surface area (Å²) in [5.41, 5.74) is 0. The van der Waals surface area contributed by atoms with E-state index >= 15 is 0 Å². The zero-order chi connectivity index (χ0) is 10.6. The fourth-order valence-corrected chi connectivity index (χ4v) is 2.62. The largest absolute Gasteiger partial charge is 0.254 e. The molecule has 4 heteroatoms. The zero-order valence-corrected chi connectivity index (χ0v) is 9.99. The predicted molar refractivity (Wildman–Crippen MR) is 60.3 cm³/mol. The van der Waals surface area contributed by atoms with E-state index in [0.29, 0.717) is 11.5 Å². The van der Waals surface area contributed by atoms with Gasteiger partial charge in [-0.25, -0.2) is 0 Å². The van der Waals surface area contributed by atoms with Gasteiger partial charge in [0.25, 0.3) is 0 Å². The lowest BCUT2D eigenvalue weighted by Crippen LogP contribution is -1.96. The second kappa shape index (κ2) is 5.41. The van der Waals surface area contributed by atoms with Crippen LogP contribution in [0.2, 0.25) is 0 Å². The second-order valence-corrected chi connectivity index (χ2v) is 6.22. The molecule has 0 fully saturated rings. The summed E-state index contributed by atoms with van der Waals surface area (Å²) >= 11 is 0. The number of hydrogen-bond acceptors (Lipinski definition) is 2. The highest BCUT2D eigenvalue weighted by Gasteiger charge is 2.03. The van der Waals surface area contributed by atoms with E-state index in [1.165, 1.54) is 0 Å². The third kappa shape index (κ3) is 2.75. The molecule has 0 saturated heterocycles. The van der Waals surface area contributed by atoms with Crippen molar-refractivity contribution in [2.24, 2.45) is 0 Å². The quantitative estimate of drug-likeness (QED) is 0.792. The molecule has 0 aliphatic rings. The molecule has 0 heterocycles. The first-order chi connectivity index (χ1) is 6.69. The van der Waals surface area contributed by atoms with Crippen LogP contribution in [-0.2, 0) is 21.6 Å². The molecule has 78 valence electrons. The van der Waals surface area contributed by atoms with Crippen molar-refractivity contribution < 1.29 is 8.42 Å². The molecular formula is C10H14O2S2. The molecule has 0 spiro atoms. The van der Waals surface area contributed by atoms with Crippen molar-refractivity contribution in [1.82, 2.24) is 0 Å². The molecule has 0 N–H and O–H groups in total. The molecule has 1 rings (SSSR count). The molecule has 1 aromatic rings. The highest BCUT2D eigenvalue weighted by atomic mass is 32.2. The number of hydrogen-bond donors (Lipinski definition) is 0. The molecule has 0 saturated carbocycles. The molecule has 0 aliphatic carbocycles. The third-order valence-corrected chi connectivity index (χ3v) is 4.52. The molecule has 0 amide bonds. The molecule has 0 aliphatic heterocycles. The maximum Gasteiger partial charge on any atom is 0.0526 e. The molecule has 0 bridgehead atoms. The van der Waals surface area contributed by atoms with Gasteiger partial charge < -0.3 is 0 Å². The normalized spacial score (nSPS) is 15.0. The van der Waals surface area contributed by atoms with Crippen LogP contribution < -0.4 is 0 Å². The van der Waals surface area contributed by atoms with Crippen LogP contribution >= 0.6 is 0 Å². The lowest BCUT2D eigenvalue weighted by molar-refractivity contribution is 0.681. The maximum absolute atomic E-state index is 11.4. The van der Waals surface area contributed by atoms with E-state index in [9.17, 15) is 8.42 Å². The fourth-order valence-electron chi connectivity index (χ4n) is 1.08. The summed E-state index contributed by atoms with van der Waals surface area (Å²) in [6.07, 6.45) is 0. The van der Waals surface area contributed by atoms with Gasteiger partial charge in [0.15, 0.2) is 0 Å². The first kappa shape index (κ1) is 11.6. The Balaban J connectivity index is 2.89. The average molecular weight is 230 g/mol. The molecule has 0 radical (unpaired) electrons. The number of benzene rings is 1. The second-order valence-electron chi connectivity index (χ2n) is 2.74. The van der Waals surface area contributed by atoms with Crippen LogP contribution in [0.25, 0.3) is 0 Å². The Hall–Kier alpha value is -0.480. The maximum atomic E-state index is 11.4. The van der Waals surface area contributed by atoms with Gasteiger partial charge in [-0.05, 0) is 24.3 Å². The van der Waals surface area contributed by atoms with Crippen molar-refractivity contribution in [3.8, 4) is 0 Å². The molecule has 0 aromatic heterocycles. The van der Waals surface area contributed by atoms with E-state index in [0.717, 1.165) is 9.79 Å². The van der Waals surface area contributed by atoms with Gasteiger partial charge in [0.05, 0.1) is 21.6 Å². The monoisotopic (exact) mass is 230 g/mol. The Labute approximate surface area is 89.6 Å². The van der Waals surface area contributed by atoms with E-state index < -0.39 is 21.6 Å². The Kier molecular flexibility index (Phi) is 4.48. The van der Waals surface area contributed by atoms with Crippen LogP contribution in [0.4, 0.5) is 0 Å². The van der Waals surface area contributed by atoms with Crippen LogP contribution in [0.3, 0.4) is 0 Å². The topological polar surface area (TPSA) is 34.1 Å². The highest BCUT2D eigenvalue weighted by Crippen LogP contribution is 2.12. The molecule has 14 heavy (non-hydrogen) atoms. The summed E-state index contributed by atoms with van der Waals surface area (Å²) < 4.78 is 22.8. The minimum Gasteiger partial charge on any atom is -0.254 e. The van der Waals surface area contributed by atoms with Crippen molar-refractivity contribution in [3.63, 3.8) is 0 Å². The molecule has 1 aromatic carbocycles. The van der Waals surface area contributed by atoms with Gasteiger partial charge in [0, 0.05) is 21.3 Å². The van der Waals surface area contributed by atoms with E-state index in [4.69, 9.17) is 0 Å². The molecule has 2 unspecified atom stereocenters. The van der Waals surface area contributed by atoms with E-state index in [-0.39, 0.29) is 0 Å². The van der Waals surface area contributed by atoms with Gasteiger partial charge in [0.1, 0.15) is 0 Å². The Morgan fingerprint density at radius 3 is 1.36 bits per heavy atom. The van der Waals surface area contributed by atoms with Crippen LogP contribution in [0, 0.1) is 0 Å². The summed E-state index contributed by atoms with van der Waals surface area (Å²) in [6, 6.07) is 7.18. The van der Waals surface area contributed by atoms with Crippen LogP contribution in [0.15, 0.2) is 34.1 Å². The van der Waals surface area contributed by atoms with E-state index in [1.807, 2.05) is 13.8 Å². The summed E-state index contributed by atoms with van der Waals surface area (Å²) in [7, 11) is -1.83. The summed E-state index contributed by atoms with van der Waals surface area (Å²) in [5.74, 6) is 1.24. The highest BCUT2D eigenvalue weighted by molar-refractivity contribution is 7.85. The van der Waals surface area contributed by atoms with Gasteiger partial charge in [-0.1, -0.05) is 13.8 Å². The Bertz CT molecular complexity index is 309. The van der Waals surface area contributed by atoms with E-state index in [2.05, 4.69) is 0 Å². The van der Waals surface area contributed by atoms with Gasteiger partial charge >= 0.3 is 0 Å². The zero-order valence-electron chi connectivity index (χ0n) is 8.36. The standard InChI is InChI=1S/C10H14O2S2/c1-3-13(11)9-5-7-10(8-6-9)14(12)4-2/h5-8H,3-4H2,1-2H3. The number of rotatable bonds is 4. The van der Waals surface area contributed by atoms with Gasteiger partial charge in [0.2, 0.25) is 0 Å². The van der Waals surface area contributed by atoms with Crippen molar-refractivity contribution in [2.75, 3.05) is 11.5 Å². The van der Waals surface area contributed by atoms with Crippen molar-refractivity contribution in [2.45, 2.75) is 23.6 Å². The van der Waals surface area contributed by atoms with Crippen LogP contribution in [0.1, 0.15) is 13.8 Å². The lowest BCUT2D eigenvalue weighted by Gasteiger charge is -2.01. The smallest absolute Gasteiger partial charge is 0.0526 e. The SMILES string of the molecule is CCS(=O)c1ccc(S(=O)CC)cc1.